The Labute approximate surface area is 198 Å². The third-order valence-corrected chi connectivity index (χ3v) is 6.41. The standard InChI is InChI=1S/C24H27BClN3O4/c1-23(2)24(3,4)33-25(32-23)18(12-17-13-28-21-20(17)19(26)10-11-27-21)14-29-22(30)31-15-16-8-6-5-7-9-16/h5-13H,14-15H2,1-4H3,(H,27,28)(H,29,30). The maximum atomic E-state index is 12.4. The average molecular weight is 468 g/mol. The number of hydrogen-bond donors (Lipinski definition) is 2. The quantitative estimate of drug-likeness (QED) is 0.489. The second-order valence-corrected chi connectivity index (χ2v) is 9.39. The van der Waals surface area contributed by atoms with Gasteiger partial charge in [-0.25, -0.2) is 9.78 Å². The number of pyridine rings is 1. The van der Waals surface area contributed by atoms with Crippen molar-refractivity contribution >= 4 is 41.9 Å². The van der Waals surface area contributed by atoms with Gasteiger partial charge in [-0.15, -0.1) is 0 Å². The number of aromatic amines is 1. The van der Waals surface area contributed by atoms with Crippen LogP contribution >= 0.6 is 11.6 Å². The summed E-state index contributed by atoms with van der Waals surface area (Å²) in [6, 6.07) is 11.3. The first-order valence-electron chi connectivity index (χ1n) is 10.8. The Morgan fingerprint density at radius 2 is 1.88 bits per heavy atom. The molecule has 1 fully saturated rings. The summed E-state index contributed by atoms with van der Waals surface area (Å²) < 4.78 is 17.8. The minimum atomic E-state index is -0.648. The summed E-state index contributed by atoms with van der Waals surface area (Å²) in [5, 5.41) is 4.18. The van der Waals surface area contributed by atoms with Gasteiger partial charge in [0.15, 0.2) is 0 Å². The first-order chi connectivity index (χ1) is 15.7. The van der Waals surface area contributed by atoms with Crippen LogP contribution in [0.5, 0.6) is 0 Å². The highest BCUT2D eigenvalue weighted by atomic mass is 35.5. The second-order valence-electron chi connectivity index (χ2n) is 8.98. The molecule has 0 unspecified atom stereocenters. The molecule has 0 radical (unpaired) electrons. The van der Waals surface area contributed by atoms with Crippen LogP contribution in [-0.2, 0) is 20.7 Å². The van der Waals surface area contributed by atoms with E-state index in [2.05, 4.69) is 15.3 Å². The van der Waals surface area contributed by atoms with Crippen LogP contribution in [0.2, 0.25) is 5.02 Å². The van der Waals surface area contributed by atoms with Gasteiger partial charge in [0.05, 0.1) is 16.2 Å². The molecule has 1 aliphatic rings. The van der Waals surface area contributed by atoms with Gasteiger partial charge >= 0.3 is 13.2 Å². The van der Waals surface area contributed by atoms with Crippen molar-refractivity contribution in [3.05, 3.63) is 70.4 Å². The van der Waals surface area contributed by atoms with Crippen LogP contribution in [0.4, 0.5) is 4.79 Å². The van der Waals surface area contributed by atoms with E-state index in [0.717, 1.165) is 22.0 Å². The predicted octanol–water partition coefficient (Wildman–Crippen LogP) is 5.16. The summed E-state index contributed by atoms with van der Waals surface area (Å²) in [6.07, 6.45) is 4.85. The van der Waals surface area contributed by atoms with E-state index >= 15 is 0 Å². The van der Waals surface area contributed by atoms with Crippen molar-refractivity contribution in [2.45, 2.75) is 45.5 Å². The van der Waals surface area contributed by atoms with Gasteiger partial charge in [-0.05, 0) is 44.8 Å². The molecule has 0 atom stereocenters. The number of aromatic nitrogens is 2. The number of halogens is 1. The molecule has 3 aromatic rings. The highest BCUT2D eigenvalue weighted by Crippen LogP contribution is 2.39. The van der Waals surface area contributed by atoms with Crippen LogP contribution in [0.25, 0.3) is 17.1 Å². The zero-order valence-electron chi connectivity index (χ0n) is 19.1. The molecule has 0 saturated carbocycles. The number of nitrogens with zero attached hydrogens (tertiary/aromatic N) is 1. The van der Waals surface area contributed by atoms with Crippen LogP contribution in [0, 0.1) is 0 Å². The monoisotopic (exact) mass is 467 g/mol. The molecule has 9 heteroatoms. The van der Waals surface area contributed by atoms with Gasteiger partial charge in [-0.3, -0.25) is 0 Å². The van der Waals surface area contributed by atoms with Crippen LogP contribution in [0.15, 0.2) is 54.3 Å². The minimum absolute atomic E-state index is 0.176. The molecule has 1 saturated heterocycles. The molecule has 4 rings (SSSR count). The fraction of sp³-hybridized carbons (Fsp3) is 0.333. The fourth-order valence-corrected chi connectivity index (χ4v) is 3.75. The summed E-state index contributed by atoms with van der Waals surface area (Å²) in [5.74, 6) is 0. The zero-order chi connectivity index (χ0) is 23.6. The first kappa shape index (κ1) is 23.4. The number of amides is 1. The third-order valence-electron chi connectivity index (χ3n) is 6.10. The number of alkyl carbamates (subject to hydrolysis) is 1. The number of H-pyrrole nitrogens is 1. The molecule has 0 aliphatic carbocycles. The minimum Gasteiger partial charge on any atom is -0.445 e. The number of rotatable bonds is 6. The molecule has 3 heterocycles. The number of fused-ring (bicyclic) bond motifs is 1. The molecule has 33 heavy (non-hydrogen) atoms. The van der Waals surface area contributed by atoms with Crippen molar-refractivity contribution in [3.8, 4) is 0 Å². The van der Waals surface area contributed by atoms with E-state index in [4.69, 9.17) is 25.6 Å². The van der Waals surface area contributed by atoms with Crippen molar-refractivity contribution in [2.24, 2.45) is 0 Å². The highest BCUT2D eigenvalue weighted by Gasteiger charge is 2.52. The molecule has 0 bridgehead atoms. The van der Waals surface area contributed by atoms with Gasteiger partial charge in [-0.2, -0.15) is 0 Å². The van der Waals surface area contributed by atoms with Gasteiger partial charge in [0, 0.05) is 29.9 Å². The van der Waals surface area contributed by atoms with E-state index in [1.807, 2.05) is 70.3 Å². The lowest BCUT2D eigenvalue weighted by Gasteiger charge is -2.32. The molecular formula is C24H27BClN3O4. The van der Waals surface area contributed by atoms with Crippen LogP contribution in [0.1, 0.15) is 38.8 Å². The number of carbonyl (C=O) groups is 1. The summed E-state index contributed by atoms with van der Waals surface area (Å²) in [7, 11) is -0.648. The van der Waals surface area contributed by atoms with Gasteiger partial charge < -0.3 is 24.3 Å². The summed E-state index contributed by atoms with van der Waals surface area (Å²) in [5.41, 5.74) is 2.10. The molecule has 172 valence electrons. The highest BCUT2D eigenvalue weighted by molar-refractivity contribution is 6.56. The summed E-state index contributed by atoms with van der Waals surface area (Å²) in [6.45, 7) is 8.30. The third kappa shape index (κ3) is 5.08. The van der Waals surface area contributed by atoms with Crippen LogP contribution in [0.3, 0.4) is 0 Å². The van der Waals surface area contributed by atoms with E-state index in [1.54, 1.807) is 12.3 Å². The molecule has 7 nitrogen and oxygen atoms in total. The zero-order valence-corrected chi connectivity index (χ0v) is 19.9. The van der Waals surface area contributed by atoms with E-state index in [9.17, 15) is 4.79 Å². The lowest BCUT2D eigenvalue weighted by atomic mass is 9.77. The number of carbonyl (C=O) groups excluding carboxylic acids is 1. The number of benzene rings is 1. The van der Waals surface area contributed by atoms with E-state index in [0.29, 0.717) is 10.7 Å². The van der Waals surface area contributed by atoms with Crippen molar-refractivity contribution in [2.75, 3.05) is 6.54 Å². The maximum absolute atomic E-state index is 12.4. The predicted molar refractivity (Wildman–Crippen MR) is 130 cm³/mol. The molecule has 1 amide bonds. The van der Waals surface area contributed by atoms with Crippen LogP contribution < -0.4 is 5.32 Å². The summed E-state index contributed by atoms with van der Waals surface area (Å²) >= 11 is 6.42. The lowest BCUT2D eigenvalue weighted by Crippen LogP contribution is -2.41. The largest absolute Gasteiger partial charge is 0.492 e. The van der Waals surface area contributed by atoms with Gasteiger partial charge in [-0.1, -0.05) is 48.0 Å². The molecule has 2 N–H and O–H groups in total. The molecule has 0 spiro atoms. The number of nitrogens with one attached hydrogen (secondary N) is 2. The van der Waals surface area contributed by atoms with Crippen LogP contribution in [-0.4, -0.2) is 40.9 Å². The molecule has 2 aromatic heterocycles. The average Bonchev–Trinajstić information content (AvgIpc) is 3.28. The van der Waals surface area contributed by atoms with Gasteiger partial charge in [0.25, 0.3) is 0 Å². The van der Waals surface area contributed by atoms with Gasteiger partial charge in [0.1, 0.15) is 12.3 Å². The Bertz CT molecular complexity index is 1160. The van der Waals surface area contributed by atoms with E-state index in [1.165, 1.54) is 0 Å². The fourth-order valence-electron chi connectivity index (χ4n) is 3.50. The normalized spacial score (nSPS) is 17.4. The Morgan fingerprint density at radius 1 is 1.18 bits per heavy atom. The Hall–Kier alpha value is -2.81. The van der Waals surface area contributed by atoms with E-state index < -0.39 is 24.4 Å². The first-order valence-corrected chi connectivity index (χ1v) is 11.2. The van der Waals surface area contributed by atoms with Crippen molar-refractivity contribution in [1.29, 1.82) is 0 Å². The summed E-state index contributed by atoms with van der Waals surface area (Å²) in [4.78, 5) is 19.8. The van der Waals surface area contributed by atoms with Gasteiger partial charge in [0.2, 0.25) is 0 Å². The Morgan fingerprint density at radius 3 is 2.58 bits per heavy atom. The second kappa shape index (κ2) is 9.21. The Kier molecular flexibility index (Phi) is 6.52. The SMILES string of the molecule is CC1(C)OB(C(=Cc2c[nH]c3nccc(Cl)c23)CNC(=O)OCc2ccccc2)OC1(C)C. The number of hydrogen-bond acceptors (Lipinski definition) is 5. The number of ether oxygens (including phenoxy) is 1. The van der Waals surface area contributed by atoms with Crippen molar-refractivity contribution in [1.82, 2.24) is 15.3 Å². The maximum Gasteiger partial charge on any atom is 0.492 e. The van der Waals surface area contributed by atoms with Crippen molar-refractivity contribution < 1.29 is 18.8 Å². The molecule has 1 aromatic carbocycles. The topological polar surface area (TPSA) is 85.5 Å². The van der Waals surface area contributed by atoms with E-state index in [-0.39, 0.29) is 13.2 Å². The molecule has 1 aliphatic heterocycles. The lowest BCUT2D eigenvalue weighted by molar-refractivity contribution is 0.00578. The smallest absolute Gasteiger partial charge is 0.445 e. The molecular weight excluding hydrogens is 441 g/mol. The Balaban J connectivity index is 1.55. The van der Waals surface area contributed by atoms with Crippen molar-refractivity contribution in [3.63, 3.8) is 0 Å².